The zero-order chi connectivity index (χ0) is 15.4. The molecule has 1 unspecified atom stereocenters. The number of hydrogen-bond donors (Lipinski definition) is 2. The van der Waals surface area contributed by atoms with Gasteiger partial charge in [0.25, 0.3) is 0 Å². The second-order valence-corrected chi connectivity index (χ2v) is 6.84. The van der Waals surface area contributed by atoms with E-state index in [2.05, 4.69) is 31.2 Å². The van der Waals surface area contributed by atoms with Gasteiger partial charge in [0.2, 0.25) is 6.41 Å². The van der Waals surface area contributed by atoms with Crippen molar-refractivity contribution in [2.75, 3.05) is 12.4 Å². The highest BCUT2D eigenvalue weighted by Crippen LogP contribution is 2.34. The monoisotopic (exact) mass is 373 g/mol. The molecule has 2 aromatic rings. The minimum Gasteiger partial charge on any atom is -0.494 e. The number of methoxy groups -OCH3 is 1. The standard InChI is InChI=1S/C13H16BrN3O3S/c1-7(2)20-13(18)17-8-4-9(19-3)11(15-5-8)12-16-6-10(14)21-12/h4-7,13,17-18H,1-3H3. The molecule has 0 radical (unpaired) electrons. The van der Waals surface area contributed by atoms with E-state index in [-0.39, 0.29) is 6.10 Å². The predicted octanol–water partition coefficient (Wildman–Crippen LogP) is 3.09. The smallest absolute Gasteiger partial charge is 0.235 e. The molecule has 0 aliphatic heterocycles. The lowest BCUT2D eigenvalue weighted by Gasteiger charge is -2.17. The third kappa shape index (κ3) is 4.37. The van der Waals surface area contributed by atoms with Crippen LogP contribution in [0.15, 0.2) is 22.2 Å². The van der Waals surface area contributed by atoms with Gasteiger partial charge < -0.3 is 19.9 Å². The summed E-state index contributed by atoms with van der Waals surface area (Å²) in [6.07, 6.45) is 2.12. The molecule has 8 heteroatoms. The van der Waals surface area contributed by atoms with Crippen molar-refractivity contribution in [3.8, 4) is 16.5 Å². The van der Waals surface area contributed by atoms with E-state index >= 15 is 0 Å². The van der Waals surface area contributed by atoms with Crippen LogP contribution in [0.25, 0.3) is 10.7 Å². The summed E-state index contributed by atoms with van der Waals surface area (Å²) in [4.78, 5) is 8.60. The van der Waals surface area contributed by atoms with Crippen molar-refractivity contribution in [1.29, 1.82) is 0 Å². The number of hydrogen-bond acceptors (Lipinski definition) is 7. The van der Waals surface area contributed by atoms with E-state index < -0.39 is 6.41 Å². The lowest BCUT2D eigenvalue weighted by atomic mass is 10.3. The Hall–Kier alpha value is -1.22. The summed E-state index contributed by atoms with van der Waals surface area (Å²) in [5.74, 6) is 0.568. The molecular formula is C13H16BrN3O3S. The summed E-state index contributed by atoms with van der Waals surface area (Å²) >= 11 is 4.84. The van der Waals surface area contributed by atoms with Crippen molar-refractivity contribution in [3.05, 3.63) is 22.2 Å². The van der Waals surface area contributed by atoms with Crippen molar-refractivity contribution < 1.29 is 14.6 Å². The fourth-order valence-electron chi connectivity index (χ4n) is 1.64. The Balaban J connectivity index is 2.20. The molecule has 0 fully saturated rings. The van der Waals surface area contributed by atoms with Crippen molar-refractivity contribution >= 4 is 33.0 Å². The Kier molecular flexibility index (Phi) is 5.51. The third-order valence-electron chi connectivity index (χ3n) is 2.44. The maximum atomic E-state index is 9.71. The number of anilines is 1. The van der Waals surface area contributed by atoms with Crippen molar-refractivity contribution in [3.63, 3.8) is 0 Å². The summed E-state index contributed by atoms with van der Waals surface area (Å²) in [5, 5.41) is 13.3. The quantitative estimate of drug-likeness (QED) is 0.757. The fraction of sp³-hybridized carbons (Fsp3) is 0.385. The maximum absolute atomic E-state index is 9.71. The molecule has 2 rings (SSSR count). The number of nitrogens with zero attached hydrogens (tertiary/aromatic N) is 2. The van der Waals surface area contributed by atoms with Crippen LogP contribution in [0.4, 0.5) is 5.69 Å². The zero-order valence-electron chi connectivity index (χ0n) is 11.8. The highest BCUT2D eigenvalue weighted by molar-refractivity contribution is 9.11. The van der Waals surface area contributed by atoms with Crippen LogP contribution in [0.1, 0.15) is 13.8 Å². The lowest BCUT2D eigenvalue weighted by molar-refractivity contribution is -0.105. The number of ether oxygens (including phenoxy) is 2. The molecule has 2 aromatic heterocycles. The van der Waals surface area contributed by atoms with E-state index in [0.29, 0.717) is 17.1 Å². The average Bonchev–Trinajstić information content (AvgIpc) is 2.84. The van der Waals surface area contributed by atoms with Gasteiger partial charge in [0, 0.05) is 6.07 Å². The summed E-state index contributed by atoms with van der Waals surface area (Å²) in [6.45, 7) is 3.68. The van der Waals surface area contributed by atoms with E-state index in [4.69, 9.17) is 9.47 Å². The Morgan fingerprint density at radius 3 is 2.67 bits per heavy atom. The number of thiazole rings is 1. The second-order valence-electron chi connectivity index (χ2n) is 4.43. The molecule has 114 valence electrons. The van der Waals surface area contributed by atoms with Gasteiger partial charge in [0.1, 0.15) is 16.5 Å². The average molecular weight is 374 g/mol. The first kappa shape index (κ1) is 16.2. The van der Waals surface area contributed by atoms with E-state index in [1.807, 2.05) is 13.8 Å². The van der Waals surface area contributed by atoms with Crippen LogP contribution < -0.4 is 10.1 Å². The second kappa shape index (κ2) is 7.17. The van der Waals surface area contributed by atoms with Crippen LogP contribution >= 0.6 is 27.3 Å². The van der Waals surface area contributed by atoms with Gasteiger partial charge in [-0.3, -0.25) is 0 Å². The first-order chi connectivity index (χ1) is 9.99. The fourth-order valence-corrected chi connectivity index (χ4v) is 2.85. The van der Waals surface area contributed by atoms with Crippen LogP contribution in [0.5, 0.6) is 5.75 Å². The molecule has 0 aromatic carbocycles. The van der Waals surface area contributed by atoms with Gasteiger partial charge in [-0.25, -0.2) is 9.97 Å². The minimum atomic E-state index is -1.10. The Bertz CT molecular complexity index is 606. The molecular weight excluding hydrogens is 358 g/mol. The topological polar surface area (TPSA) is 76.5 Å². The van der Waals surface area contributed by atoms with Gasteiger partial charge in [-0.1, -0.05) is 0 Å². The van der Waals surface area contributed by atoms with Crippen molar-refractivity contribution in [2.24, 2.45) is 0 Å². The van der Waals surface area contributed by atoms with Gasteiger partial charge >= 0.3 is 0 Å². The highest BCUT2D eigenvalue weighted by Gasteiger charge is 2.14. The van der Waals surface area contributed by atoms with Crippen molar-refractivity contribution in [2.45, 2.75) is 26.4 Å². The Morgan fingerprint density at radius 2 is 2.10 bits per heavy atom. The van der Waals surface area contributed by atoms with Crippen LogP contribution in [0.2, 0.25) is 0 Å². The summed E-state index contributed by atoms with van der Waals surface area (Å²) in [6, 6.07) is 1.74. The largest absolute Gasteiger partial charge is 0.494 e. The molecule has 0 aliphatic rings. The number of halogens is 1. The molecule has 0 amide bonds. The summed E-state index contributed by atoms with van der Waals surface area (Å²) in [7, 11) is 1.56. The number of pyridine rings is 1. The zero-order valence-corrected chi connectivity index (χ0v) is 14.2. The molecule has 2 N–H and O–H groups in total. The number of rotatable bonds is 6. The van der Waals surface area contributed by atoms with Crippen LogP contribution in [-0.4, -0.2) is 34.7 Å². The van der Waals surface area contributed by atoms with Gasteiger partial charge in [-0.2, -0.15) is 0 Å². The highest BCUT2D eigenvalue weighted by atomic mass is 79.9. The van der Waals surface area contributed by atoms with E-state index in [0.717, 1.165) is 8.79 Å². The summed E-state index contributed by atoms with van der Waals surface area (Å²) < 4.78 is 11.5. The van der Waals surface area contributed by atoms with E-state index in [1.54, 1.807) is 25.6 Å². The molecule has 0 bridgehead atoms. The molecule has 2 heterocycles. The van der Waals surface area contributed by atoms with Gasteiger partial charge in [0.15, 0.2) is 0 Å². The van der Waals surface area contributed by atoms with Crippen LogP contribution in [0.3, 0.4) is 0 Å². The van der Waals surface area contributed by atoms with Gasteiger partial charge in [0.05, 0.1) is 35.1 Å². The van der Waals surface area contributed by atoms with E-state index in [1.165, 1.54) is 11.3 Å². The first-order valence-electron chi connectivity index (χ1n) is 6.25. The van der Waals surface area contributed by atoms with E-state index in [9.17, 15) is 5.11 Å². The molecule has 0 saturated heterocycles. The molecule has 6 nitrogen and oxygen atoms in total. The number of aliphatic hydroxyl groups is 1. The first-order valence-corrected chi connectivity index (χ1v) is 7.86. The third-order valence-corrected chi connectivity index (χ3v) is 3.93. The lowest BCUT2D eigenvalue weighted by Crippen LogP contribution is -2.25. The normalized spacial score (nSPS) is 12.5. The predicted molar refractivity (Wildman–Crippen MR) is 85.4 cm³/mol. The molecule has 0 spiro atoms. The minimum absolute atomic E-state index is 0.0886. The van der Waals surface area contributed by atoms with Crippen LogP contribution in [-0.2, 0) is 4.74 Å². The molecule has 0 saturated carbocycles. The van der Waals surface area contributed by atoms with Gasteiger partial charge in [-0.15, -0.1) is 11.3 Å². The van der Waals surface area contributed by atoms with Crippen molar-refractivity contribution in [1.82, 2.24) is 9.97 Å². The van der Waals surface area contributed by atoms with Gasteiger partial charge in [-0.05, 0) is 29.8 Å². The number of aromatic nitrogens is 2. The molecule has 0 aliphatic carbocycles. The molecule has 21 heavy (non-hydrogen) atoms. The van der Waals surface area contributed by atoms with Crippen LogP contribution in [0, 0.1) is 0 Å². The molecule has 1 atom stereocenters. The Morgan fingerprint density at radius 1 is 1.33 bits per heavy atom. The summed E-state index contributed by atoms with van der Waals surface area (Å²) in [5.41, 5.74) is 1.25. The number of nitrogens with one attached hydrogen (secondary N) is 1. The SMILES string of the molecule is COc1cc(NC(O)OC(C)C)cnc1-c1ncc(Br)s1. The maximum Gasteiger partial charge on any atom is 0.235 e. The number of aliphatic hydroxyl groups excluding tert-OH is 1. The Labute approximate surface area is 135 Å².